The van der Waals surface area contributed by atoms with Crippen molar-refractivity contribution in [3.05, 3.63) is 36.1 Å². The molecule has 1 N–H and O–H groups in total. The second-order valence-corrected chi connectivity index (χ2v) is 2.70. The molecule has 4 nitrogen and oxygen atoms in total. The fourth-order valence-corrected chi connectivity index (χ4v) is 1.05. The Labute approximate surface area is 81.2 Å². The van der Waals surface area contributed by atoms with Crippen LogP contribution in [0.5, 0.6) is 0 Å². The largest absolute Gasteiger partial charge is 0.489 e. The Morgan fingerprint density at radius 2 is 2.43 bits per heavy atom. The van der Waals surface area contributed by atoms with E-state index in [1.165, 1.54) is 18.2 Å². The fourth-order valence-electron chi connectivity index (χ4n) is 1.05. The van der Waals surface area contributed by atoms with Gasteiger partial charge < -0.3 is 9.84 Å². The van der Waals surface area contributed by atoms with Crippen LogP contribution >= 0.6 is 0 Å². The highest BCUT2D eigenvalue weighted by molar-refractivity contribution is 6.00. The van der Waals surface area contributed by atoms with E-state index in [2.05, 4.69) is 6.58 Å². The highest BCUT2D eigenvalue weighted by Crippen LogP contribution is 2.18. The van der Waals surface area contributed by atoms with Crippen molar-refractivity contribution in [2.75, 3.05) is 6.61 Å². The van der Waals surface area contributed by atoms with E-state index in [-0.39, 0.29) is 30.1 Å². The molecule has 0 radical (unpaired) electrons. The predicted molar refractivity (Wildman–Crippen MR) is 49.6 cm³/mol. The molecule has 0 aromatic carbocycles. The van der Waals surface area contributed by atoms with Crippen molar-refractivity contribution in [1.82, 2.24) is 0 Å². The van der Waals surface area contributed by atoms with Gasteiger partial charge >= 0.3 is 5.97 Å². The molecular weight excluding hydrogens is 184 g/mol. The van der Waals surface area contributed by atoms with Crippen molar-refractivity contribution in [3.63, 3.8) is 0 Å². The fraction of sp³-hybridized carbons (Fsp3) is 0.200. The quantitative estimate of drug-likeness (QED) is 0.679. The first-order chi connectivity index (χ1) is 6.65. The van der Waals surface area contributed by atoms with E-state index in [4.69, 9.17) is 9.84 Å². The van der Waals surface area contributed by atoms with Gasteiger partial charge in [-0.2, -0.15) is 0 Å². The van der Waals surface area contributed by atoms with Crippen LogP contribution in [-0.4, -0.2) is 23.5 Å². The second kappa shape index (κ2) is 4.41. The number of allylic oxidation sites excluding steroid dienone is 2. The van der Waals surface area contributed by atoms with Crippen molar-refractivity contribution in [1.29, 1.82) is 0 Å². The zero-order valence-electron chi connectivity index (χ0n) is 7.53. The van der Waals surface area contributed by atoms with Gasteiger partial charge in [0.2, 0.25) is 0 Å². The summed E-state index contributed by atoms with van der Waals surface area (Å²) >= 11 is 0. The maximum absolute atomic E-state index is 11.0. The number of ether oxygens (including phenoxy) is 1. The molecule has 0 amide bonds. The van der Waals surface area contributed by atoms with Crippen molar-refractivity contribution in [3.8, 4) is 0 Å². The molecular formula is C10H10O4. The SMILES string of the molecule is C=CCOC1=CC(=O)CC=C1C(=O)O. The third-order valence-corrected chi connectivity index (χ3v) is 1.65. The molecule has 14 heavy (non-hydrogen) atoms. The Morgan fingerprint density at radius 3 is 3.00 bits per heavy atom. The molecule has 1 aliphatic rings. The zero-order valence-corrected chi connectivity index (χ0v) is 7.53. The third kappa shape index (κ3) is 2.32. The van der Waals surface area contributed by atoms with Crippen molar-refractivity contribution < 1.29 is 19.4 Å². The Morgan fingerprint density at radius 1 is 1.71 bits per heavy atom. The van der Waals surface area contributed by atoms with Gasteiger partial charge in [0.05, 0.1) is 5.57 Å². The Hall–Kier alpha value is -1.84. The van der Waals surface area contributed by atoms with Gasteiger partial charge in [-0.05, 0) is 0 Å². The molecule has 0 spiro atoms. The molecule has 4 heteroatoms. The van der Waals surface area contributed by atoms with Crippen LogP contribution in [-0.2, 0) is 14.3 Å². The predicted octanol–water partition coefficient (Wildman–Crippen LogP) is 1.06. The minimum Gasteiger partial charge on any atom is -0.489 e. The molecule has 1 rings (SSSR count). The van der Waals surface area contributed by atoms with Crippen LogP contribution in [0.3, 0.4) is 0 Å². The number of carbonyl (C=O) groups is 2. The van der Waals surface area contributed by atoms with Crippen molar-refractivity contribution in [2.45, 2.75) is 6.42 Å². The zero-order chi connectivity index (χ0) is 10.6. The lowest BCUT2D eigenvalue weighted by molar-refractivity contribution is -0.132. The number of hydrogen-bond donors (Lipinski definition) is 1. The molecule has 0 aliphatic heterocycles. The Balaban J connectivity index is 2.84. The first-order valence-electron chi connectivity index (χ1n) is 4.07. The summed E-state index contributed by atoms with van der Waals surface area (Å²) in [5.74, 6) is -1.14. The lowest BCUT2D eigenvalue weighted by Crippen LogP contribution is -2.12. The van der Waals surface area contributed by atoms with Crippen molar-refractivity contribution in [2.24, 2.45) is 0 Å². The molecule has 0 aromatic rings. The minimum absolute atomic E-state index is 0.0338. The molecule has 0 saturated carbocycles. The van der Waals surface area contributed by atoms with Gasteiger partial charge in [0.25, 0.3) is 0 Å². The maximum Gasteiger partial charge on any atom is 0.339 e. The molecule has 0 saturated heterocycles. The normalized spacial score (nSPS) is 15.6. The smallest absolute Gasteiger partial charge is 0.339 e. The summed E-state index contributed by atoms with van der Waals surface area (Å²) in [5.41, 5.74) is 0.0338. The lowest BCUT2D eigenvalue weighted by atomic mass is 10.0. The van der Waals surface area contributed by atoms with Gasteiger partial charge in [0, 0.05) is 12.5 Å². The molecule has 74 valence electrons. The third-order valence-electron chi connectivity index (χ3n) is 1.65. The second-order valence-electron chi connectivity index (χ2n) is 2.70. The monoisotopic (exact) mass is 194 g/mol. The number of ketones is 1. The van der Waals surface area contributed by atoms with Gasteiger partial charge in [0.1, 0.15) is 12.4 Å². The van der Waals surface area contributed by atoms with Crippen molar-refractivity contribution >= 4 is 11.8 Å². The van der Waals surface area contributed by atoms with Crippen LogP contribution in [0, 0.1) is 0 Å². The van der Waals surface area contributed by atoms with E-state index in [0.717, 1.165) is 0 Å². The molecule has 0 bridgehead atoms. The summed E-state index contributed by atoms with van der Waals surface area (Å²) in [5, 5.41) is 8.77. The van der Waals surface area contributed by atoms with E-state index in [9.17, 15) is 9.59 Å². The van der Waals surface area contributed by atoms with E-state index >= 15 is 0 Å². The minimum atomic E-state index is -1.09. The Bertz CT molecular complexity index is 336. The summed E-state index contributed by atoms with van der Waals surface area (Å²) in [6.07, 6.45) is 4.15. The lowest BCUT2D eigenvalue weighted by Gasteiger charge is -2.12. The van der Waals surface area contributed by atoms with Crippen LogP contribution in [0.15, 0.2) is 36.1 Å². The number of hydrogen-bond acceptors (Lipinski definition) is 3. The van der Waals surface area contributed by atoms with Gasteiger partial charge in [-0.15, -0.1) is 0 Å². The number of carboxylic acids is 1. The summed E-state index contributed by atoms with van der Waals surface area (Å²) in [4.78, 5) is 21.7. The maximum atomic E-state index is 11.0. The summed E-state index contributed by atoms with van der Waals surface area (Å²) in [7, 11) is 0. The molecule has 0 aromatic heterocycles. The standard InChI is InChI=1S/C10H10O4/c1-2-5-14-9-6-7(11)3-4-8(9)10(12)13/h2,4,6H,1,3,5H2,(H,12,13). The average Bonchev–Trinajstić information content (AvgIpc) is 2.14. The molecule has 0 fully saturated rings. The highest BCUT2D eigenvalue weighted by Gasteiger charge is 2.19. The van der Waals surface area contributed by atoms with Crippen LogP contribution in [0.2, 0.25) is 0 Å². The number of carboxylic acid groups (broad SMARTS) is 1. The van der Waals surface area contributed by atoms with Gasteiger partial charge in [-0.1, -0.05) is 18.7 Å². The van der Waals surface area contributed by atoms with Gasteiger partial charge in [-0.3, -0.25) is 4.79 Å². The summed E-state index contributed by atoms with van der Waals surface area (Å²) in [6, 6.07) is 0. The van der Waals surface area contributed by atoms with E-state index in [1.54, 1.807) is 0 Å². The first-order valence-corrected chi connectivity index (χ1v) is 4.07. The van der Waals surface area contributed by atoms with Crippen LogP contribution in [0.25, 0.3) is 0 Å². The topological polar surface area (TPSA) is 63.6 Å². The Kier molecular flexibility index (Phi) is 3.23. The highest BCUT2D eigenvalue weighted by atomic mass is 16.5. The van der Waals surface area contributed by atoms with Crippen LogP contribution in [0.1, 0.15) is 6.42 Å². The molecule has 0 atom stereocenters. The number of rotatable bonds is 4. The van der Waals surface area contributed by atoms with E-state index < -0.39 is 5.97 Å². The first kappa shape index (κ1) is 10.2. The number of carbonyl (C=O) groups excluding carboxylic acids is 1. The summed E-state index contributed by atoms with van der Waals surface area (Å²) < 4.78 is 5.05. The molecule has 0 unspecified atom stereocenters. The summed E-state index contributed by atoms with van der Waals surface area (Å²) in [6.45, 7) is 3.61. The molecule has 1 aliphatic carbocycles. The van der Waals surface area contributed by atoms with Gasteiger partial charge in [-0.25, -0.2) is 4.79 Å². The van der Waals surface area contributed by atoms with Gasteiger partial charge in [0.15, 0.2) is 5.78 Å². The van der Waals surface area contributed by atoms with Crippen LogP contribution < -0.4 is 0 Å². The van der Waals surface area contributed by atoms with E-state index in [1.807, 2.05) is 0 Å². The van der Waals surface area contributed by atoms with Crippen LogP contribution in [0.4, 0.5) is 0 Å². The molecule has 0 heterocycles. The average molecular weight is 194 g/mol. The van der Waals surface area contributed by atoms with E-state index in [0.29, 0.717) is 0 Å². The number of aliphatic carboxylic acids is 1.